The van der Waals surface area contributed by atoms with Crippen molar-refractivity contribution in [3.05, 3.63) is 28.7 Å². The monoisotopic (exact) mass is 210 g/mol. The Labute approximate surface area is 79.2 Å². The summed E-state index contributed by atoms with van der Waals surface area (Å²) in [6.45, 7) is 0. The second-order valence-corrected chi connectivity index (χ2v) is 4.34. The lowest BCUT2D eigenvalue weighted by molar-refractivity contribution is 0.0986. The molecule has 1 heterocycles. The predicted molar refractivity (Wildman–Crippen MR) is 45.8 cm³/mol. The number of benzene rings is 1. The molecular weight excluding hydrogens is 206 g/mol. The highest BCUT2D eigenvalue weighted by Gasteiger charge is 2.39. The van der Waals surface area contributed by atoms with Crippen LogP contribution in [-0.4, -0.2) is 14.3 Å². The molecule has 7 heteroatoms. The Kier molecular flexibility index (Phi) is 1.56. The van der Waals surface area contributed by atoms with Crippen LogP contribution in [0.2, 0.25) is 0 Å². The van der Waals surface area contributed by atoms with Crippen LogP contribution in [0.3, 0.4) is 0 Å². The quantitative estimate of drug-likeness (QED) is 0.635. The molecule has 0 unspecified atom stereocenters. The molecule has 1 aromatic carbocycles. The third-order valence-electron chi connectivity index (χ3n) is 1.86. The summed E-state index contributed by atoms with van der Waals surface area (Å²) in [6.07, 6.45) is 0. The van der Waals surface area contributed by atoms with Gasteiger partial charge in [0, 0.05) is 6.07 Å². The molecule has 0 fully saturated rings. The minimum atomic E-state index is -3.76. The van der Waals surface area contributed by atoms with Crippen LogP contribution in [-0.2, 0) is 10.0 Å². The van der Waals surface area contributed by atoms with Crippen LogP contribution < -0.4 is 4.72 Å². The van der Waals surface area contributed by atoms with Gasteiger partial charge in [-0.15, -0.1) is 0 Å². The van der Waals surface area contributed by atoms with Crippen molar-refractivity contribution in [1.29, 1.82) is 5.39 Å². The third-order valence-corrected chi connectivity index (χ3v) is 3.23. The van der Waals surface area contributed by atoms with Gasteiger partial charge in [-0.3, -0.25) is 4.79 Å². The Morgan fingerprint density at radius 1 is 1.36 bits per heavy atom. The van der Waals surface area contributed by atoms with Gasteiger partial charge in [-0.05, 0) is 6.07 Å². The summed E-state index contributed by atoms with van der Waals surface area (Å²) in [6, 6.07) is 4.02. The van der Waals surface area contributed by atoms with Gasteiger partial charge < -0.3 is 0 Å². The van der Waals surface area contributed by atoms with E-state index in [1.54, 1.807) is 4.72 Å². The molecule has 14 heavy (non-hydrogen) atoms. The van der Waals surface area contributed by atoms with E-state index in [-0.39, 0.29) is 16.1 Å². The summed E-state index contributed by atoms with van der Waals surface area (Å²) in [5.74, 6) is -0.770. The number of diazo groups is 1. The summed E-state index contributed by atoms with van der Waals surface area (Å²) < 4.78 is 24.3. The number of fused-ring (bicyclic) bond motifs is 1. The van der Waals surface area contributed by atoms with E-state index in [0.717, 1.165) is 0 Å². The summed E-state index contributed by atoms with van der Waals surface area (Å²) in [4.78, 5) is 13.9. The van der Waals surface area contributed by atoms with E-state index < -0.39 is 15.9 Å². The standard InChI is InChI=1S/C7H3N3O3S/c8-9-4-2-1-3-5-6(4)7(11)10-14(5,12)13/h1-3H/p+1. The minimum absolute atomic E-state index is 0.0546. The second kappa shape index (κ2) is 2.52. The van der Waals surface area contributed by atoms with Gasteiger partial charge in [-0.2, -0.15) is 0 Å². The molecule has 0 bridgehead atoms. The lowest BCUT2D eigenvalue weighted by Gasteiger charge is -1.90. The smallest absolute Gasteiger partial charge is 0.268 e. The molecule has 0 saturated carbocycles. The fourth-order valence-corrected chi connectivity index (χ4v) is 2.46. The van der Waals surface area contributed by atoms with Crippen molar-refractivity contribution >= 4 is 21.6 Å². The first-order chi connectivity index (χ1) is 6.56. The highest BCUT2D eigenvalue weighted by atomic mass is 32.2. The Morgan fingerprint density at radius 3 is 2.71 bits per heavy atom. The zero-order chi connectivity index (χ0) is 10.3. The van der Waals surface area contributed by atoms with Gasteiger partial charge in [0.1, 0.15) is 4.90 Å². The average Bonchev–Trinajstić information content (AvgIpc) is 2.38. The molecule has 0 saturated heterocycles. The molecule has 0 atom stereocenters. The molecule has 1 amide bonds. The van der Waals surface area contributed by atoms with Crippen LogP contribution in [0.4, 0.5) is 5.69 Å². The van der Waals surface area contributed by atoms with E-state index in [1.165, 1.54) is 18.2 Å². The highest BCUT2D eigenvalue weighted by molar-refractivity contribution is 7.90. The molecule has 0 aromatic heterocycles. The summed E-state index contributed by atoms with van der Waals surface area (Å²) in [5, 5.41) is 8.54. The van der Waals surface area contributed by atoms with Gasteiger partial charge in [0.2, 0.25) is 5.39 Å². The third kappa shape index (κ3) is 0.978. The van der Waals surface area contributed by atoms with Gasteiger partial charge in [-0.25, -0.2) is 13.1 Å². The Morgan fingerprint density at radius 2 is 2.07 bits per heavy atom. The number of hydrogen-bond donors (Lipinski definition) is 1. The summed E-state index contributed by atoms with van der Waals surface area (Å²) in [5.41, 5.74) is -0.170. The Hall–Kier alpha value is -1.94. The number of hydrogen-bond acceptors (Lipinski definition) is 4. The van der Waals surface area contributed by atoms with E-state index in [1.807, 2.05) is 0 Å². The first-order valence-electron chi connectivity index (χ1n) is 3.61. The van der Waals surface area contributed by atoms with Gasteiger partial charge in [0.05, 0.1) is 0 Å². The fourth-order valence-electron chi connectivity index (χ4n) is 1.28. The molecule has 0 radical (unpaired) electrons. The molecule has 2 rings (SSSR count). The number of carbonyl (C=O) groups is 1. The van der Waals surface area contributed by atoms with Crippen LogP contribution in [0.1, 0.15) is 10.4 Å². The van der Waals surface area contributed by atoms with E-state index in [2.05, 4.69) is 4.98 Å². The lowest BCUT2D eigenvalue weighted by Crippen LogP contribution is -2.20. The first kappa shape index (κ1) is 8.65. The number of nitrogens with one attached hydrogen (secondary N) is 1. The van der Waals surface area contributed by atoms with Crippen molar-refractivity contribution in [2.75, 3.05) is 0 Å². The summed E-state index contributed by atoms with van der Waals surface area (Å²) in [7, 11) is -3.76. The van der Waals surface area contributed by atoms with Gasteiger partial charge in [-0.1, -0.05) is 6.07 Å². The number of rotatable bonds is 0. The fraction of sp³-hybridized carbons (Fsp3) is 0. The van der Waals surface area contributed by atoms with Crippen molar-refractivity contribution < 1.29 is 13.2 Å². The zero-order valence-corrected chi connectivity index (χ0v) is 7.58. The predicted octanol–water partition coefficient (Wildman–Crippen LogP) is 0.603. The molecule has 1 N–H and O–H groups in total. The van der Waals surface area contributed by atoms with Crippen LogP contribution in [0, 0.1) is 5.39 Å². The first-order valence-corrected chi connectivity index (χ1v) is 5.10. The number of amides is 1. The number of nitrogens with zero attached hydrogens (tertiary/aromatic N) is 2. The van der Waals surface area contributed by atoms with Crippen molar-refractivity contribution in [2.45, 2.75) is 4.90 Å². The van der Waals surface area contributed by atoms with Gasteiger partial charge >= 0.3 is 5.69 Å². The second-order valence-electron chi connectivity index (χ2n) is 2.68. The molecule has 1 aliphatic rings. The SMILES string of the molecule is N#[N+]c1cccc2c1C(=O)NS2(=O)=O. The van der Waals surface area contributed by atoms with Gasteiger partial charge in [0.15, 0.2) is 10.5 Å². The zero-order valence-electron chi connectivity index (χ0n) is 6.76. The van der Waals surface area contributed by atoms with Crippen molar-refractivity contribution in [3.8, 4) is 0 Å². The van der Waals surface area contributed by atoms with Crippen molar-refractivity contribution in [3.63, 3.8) is 0 Å². The van der Waals surface area contributed by atoms with E-state index in [0.29, 0.717) is 0 Å². The Bertz CT molecular complexity index is 570. The molecule has 0 spiro atoms. The van der Waals surface area contributed by atoms with Crippen molar-refractivity contribution in [1.82, 2.24) is 4.72 Å². The topological polar surface area (TPSA) is 91.4 Å². The van der Waals surface area contributed by atoms with E-state index in [9.17, 15) is 13.2 Å². The maximum absolute atomic E-state index is 11.3. The molecule has 0 aliphatic carbocycles. The van der Waals surface area contributed by atoms with Gasteiger partial charge in [0.25, 0.3) is 15.9 Å². The van der Waals surface area contributed by atoms with Crippen LogP contribution in [0.25, 0.3) is 4.98 Å². The van der Waals surface area contributed by atoms with Crippen molar-refractivity contribution in [2.24, 2.45) is 0 Å². The molecule has 1 aromatic rings. The molecule has 1 aliphatic heterocycles. The van der Waals surface area contributed by atoms with Crippen LogP contribution in [0.15, 0.2) is 23.1 Å². The maximum Gasteiger partial charge on any atom is 0.399 e. The molecule has 70 valence electrons. The van der Waals surface area contributed by atoms with E-state index >= 15 is 0 Å². The minimum Gasteiger partial charge on any atom is -0.268 e. The average molecular weight is 210 g/mol. The molecular formula is C7H4N3O3S+. The molecule has 6 nitrogen and oxygen atoms in total. The Balaban J connectivity index is 2.89. The largest absolute Gasteiger partial charge is 0.399 e. The maximum atomic E-state index is 11.3. The van der Waals surface area contributed by atoms with Crippen LogP contribution in [0.5, 0.6) is 0 Å². The van der Waals surface area contributed by atoms with Crippen LogP contribution >= 0.6 is 0 Å². The lowest BCUT2D eigenvalue weighted by atomic mass is 10.2. The highest BCUT2D eigenvalue weighted by Crippen LogP contribution is 2.30. The van der Waals surface area contributed by atoms with E-state index in [4.69, 9.17) is 5.39 Å². The number of sulfonamides is 1. The number of carbonyl (C=O) groups excluding carboxylic acids is 1. The normalized spacial score (nSPS) is 16.9. The summed E-state index contributed by atoms with van der Waals surface area (Å²) >= 11 is 0.